The number of hydrogen-bond donors (Lipinski definition) is 0. The summed E-state index contributed by atoms with van der Waals surface area (Å²) in [5.74, 6) is 4.58. The third-order valence-corrected chi connectivity index (χ3v) is 1.42. The third-order valence-electron chi connectivity index (χ3n) is 1.42. The van der Waals surface area contributed by atoms with E-state index in [1.165, 1.54) is 6.07 Å². The van der Waals surface area contributed by atoms with Gasteiger partial charge in [0.15, 0.2) is 6.07 Å². The molecule has 2 heteroatoms. The van der Waals surface area contributed by atoms with Gasteiger partial charge < -0.3 is 0 Å². The standard InChI is InChI=1S/C10H6FN/c1-8-7-9(3-2-6-12)4-5-10(8)11/h4-5,7H,1H3. The average molecular weight is 159 g/mol. The maximum Gasteiger partial charge on any atom is 0.152 e. The molecule has 0 aliphatic rings. The second-order valence-electron chi connectivity index (χ2n) is 2.33. The van der Waals surface area contributed by atoms with Gasteiger partial charge in [-0.05, 0) is 30.7 Å². The molecular weight excluding hydrogens is 153 g/mol. The van der Waals surface area contributed by atoms with E-state index in [1.54, 1.807) is 25.1 Å². The van der Waals surface area contributed by atoms with Crippen LogP contribution in [0, 0.1) is 35.9 Å². The van der Waals surface area contributed by atoms with Gasteiger partial charge in [-0.3, -0.25) is 0 Å². The van der Waals surface area contributed by atoms with Crippen molar-refractivity contribution in [3.05, 3.63) is 35.1 Å². The van der Waals surface area contributed by atoms with E-state index in [9.17, 15) is 4.39 Å². The van der Waals surface area contributed by atoms with Crippen molar-refractivity contribution in [3.8, 4) is 17.9 Å². The van der Waals surface area contributed by atoms with E-state index in [0.717, 1.165) is 0 Å². The van der Waals surface area contributed by atoms with E-state index in [2.05, 4.69) is 11.8 Å². The van der Waals surface area contributed by atoms with Crippen molar-refractivity contribution in [1.29, 1.82) is 5.26 Å². The first-order chi connectivity index (χ1) is 5.74. The molecule has 0 fully saturated rings. The summed E-state index contributed by atoms with van der Waals surface area (Å²) in [5, 5.41) is 8.15. The Morgan fingerprint density at radius 3 is 2.75 bits per heavy atom. The molecule has 1 rings (SSSR count). The largest absolute Gasteiger partial charge is 0.207 e. The van der Waals surface area contributed by atoms with Crippen molar-refractivity contribution in [2.24, 2.45) is 0 Å². The molecule has 0 aliphatic carbocycles. The summed E-state index contributed by atoms with van der Waals surface area (Å²) >= 11 is 0. The Bertz CT molecular complexity index is 391. The van der Waals surface area contributed by atoms with Crippen LogP contribution < -0.4 is 0 Å². The zero-order valence-electron chi connectivity index (χ0n) is 6.56. The van der Waals surface area contributed by atoms with E-state index >= 15 is 0 Å². The van der Waals surface area contributed by atoms with Gasteiger partial charge in [-0.1, -0.05) is 5.92 Å². The van der Waals surface area contributed by atoms with Crippen LogP contribution in [0.5, 0.6) is 0 Å². The highest BCUT2D eigenvalue weighted by molar-refractivity contribution is 5.39. The minimum absolute atomic E-state index is 0.252. The van der Waals surface area contributed by atoms with E-state index in [0.29, 0.717) is 11.1 Å². The summed E-state index contributed by atoms with van der Waals surface area (Å²) in [4.78, 5) is 0. The van der Waals surface area contributed by atoms with E-state index in [-0.39, 0.29) is 5.82 Å². The van der Waals surface area contributed by atoms with Gasteiger partial charge >= 0.3 is 0 Å². The third kappa shape index (κ3) is 1.84. The topological polar surface area (TPSA) is 23.8 Å². The highest BCUT2D eigenvalue weighted by atomic mass is 19.1. The number of nitrogens with zero attached hydrogens (tertiary/aromatic N) is 1. The SMILES string of the molecule is Cc1cc(C#CC#N)ccc1F. The van der Waals surface area contributed by atoms with Gasteiger partial charge in [0.2, 0.25) is 0 Å². The van der Waals surface area contributed by atoms with Gasteiger partial charge in [0, 0.05) is 11.5 Å². The Morgan fingerprint density at radius 1 is 1.42 bits per heavy atom. The van der Waals surface area contributed by atoms with Crippen LogP contribution in [0.25, 0.3) is 0 Å². The summed E-state index contributed by atoms with van der Waals surface area (Å²) < 4.78 is 12.7. The number of halogens is 1. The number of aryl methyl sites for hydroxylation is 1. The number of rotatable bonds is 0. The second kappa shape index (κ2) is 3.55. The van der Waals surface area contributed by atoms with Gasteiger partial charge in [0.1, 0.15) is 5.82 Å². The average Bonchev–Trinajstić information content (AvgIpc) is 2.07. The van der Waals surface area contributed by atoms with Crippen LogP contribution in [0.4, 0.5) is 4.39 Å². The van der Waals surface area contributed by atoms with Crippen LogP contribution in [0.15, 0.2) is 18.2 Å². The first kappa shape index (κ1) is 8.30. The smallest absolute Gasteiger partial charge is 0.152 e. The quantitative estimate of drug-likeness (QED) is 0.531. The fourth-order valence-electron chi connectivity index (χ4n) is 0.823. The zero-order chi connectivity index (χ0) is 8.97. The molecule has 0 bridgehead atoms. The Balaban J connectivity index is 3.07. The molecule has 1 nitrogen and oxygen atoms in total. The first-order valence-electron chi connectivity index (χ1n) is 3.40. The summed E-state index contributed by atoms with van der Waals surface area (Å²) in [6.45, 7) is 1.66. The van der Waals surface area contributed by atoms with Crippen LogP contribution >= 0.6 is 0 Å². The van der Waals surface area contributed by atoms with Gasteiger partial charge in [0.25, 0.3) is 0 Å². The molecule has 58 valence electrons. The van der Waals surface area contributed by atoms with E-state index in [4.69, 9.17) is 5.26 Å². The second-order valence-corrected chi connectivity index (χ2v) is 2.33. The zero-order valence-corrected chi connectivity index (χ0v) is 6.56. The minimum atomic E-state index is -0.252. The monoisotopic (exact) mass is 159 g/mol. The molecule has 0 unspecified atom stereocenters. The van der Waals surface area contributed by atoms with Gasteiger partial charge in [-0.2, -0.15) is 5.26 Å². The maximum atomic E-state index is 12.7. The van der Waals surface area contributed by atoms with Crippen LogP contribution in [-0.2, 0) is 0 Å². The lowest BCUT2D eigenvalue weighted by Crippen LogP contribution is -1.82. The van der Waals surface area contributed by atoms with Crippen LogP contribution in [0.3, 0.4) is 0 Å². The molecule has 12 heavy (non-hydrogen) atoms. The Labute approximate surface area is 70.4 Å². The fourth-order valence-corrected chi connectivity index (χ4v) is 0.823. The van der Waals surface area contributed by atoms with Gasteiger partial charge in [0.05, 0.1) is 0 Å². The summed E-state index contributed by atoms with van der Waals surface area (Å²) in [6, 6.07) is 6.20. The lowest BCUT2D eigenvalue weighted by atomic mass is 10.1. The highest BCUT2D eigenvalue weighted by Gasteiger charge is 1.95. The molecule has 0 aliphatic heterocycles. The molecule has 0 amide bonds. The molecule has 0 atom stereocenters. The van der Waals surface area contributed by atoms with Crippen molar-refractivity contribution in [2.45, 2.75) is 6.92 Å². The molecule has 0 N–H and O–H groups in total. The molecule has 1 aromatic rings. The molecule has 0 spiro atoms. The first-order valence-corrected chi connectivity index (χ1v) is 3.40. The van der Waals surface area contributed by atoms with Crippen molar-refractivity contribution < 1.29 is 4.39 Å². The molecule has 0 radical (unpaired) electrons. The fraction of sp³-hybridized carbons (Fsp3) is 0.100. The summed E-state index contributed by atoms with van der Waals surface area (Å²) in [7, 11) is 0. The minimum Gasteiger partial charge on any atom is -0.207 e. The van der Waals surface area contributed by atoms with Gasteiger partial charge in [-0.25, -0.2) is 4.39 Å². The molecule has 0 saturated carbocycles. The maximum absolute atomic E-state index is 12.7. The molecule has 0 saturated heterocycles. The highest BCUT2D eigenvalue weighted by Crippen LogP contribution is 2.07. The lowest BCUT2D eigenvalue weighted by Gasteiger charge is -1.94. The lowest BCUT2D eigenvalue weighted by molar-refractivity contribution is 0.618. The van der Waals surface area contributed by atoms with Crippen molar-refractivity contribution >= 4 is 0 Å². The number of benzene rings is 1. The van der Waals surface area contributed by atoms with Gasteiger partial charge in [-0.15, -0.1) is 0 Å². The van der Waals surface area contributed by atoms with Crippen LogP contribution in [0.1, 0.15) is 11.1 Å². The van der Waals surface area contributed by atoms with Crippen molar-refractivity contribution in [2.75, 3.05) is 0 Å². The van der Waals surface area contributed by atoms with Crippen molar-refractivity contribution in [1.82, 2.24) is 0 Å². The Kier molecular flexibility index (Phi) is 2.46. The number of hydrogen-bond acceptors (Lipinski definition) is 1. The summed E-state index contributed by atoms with van der Waals surface area (Å²) in [6.07, 6.45) is 0. The molecule has 0 heterocycles. The molecule has 0 aromatic heterocycles. The van der Waals surface area contributed by atoms with E-state index in [1.807, 2.05) is 0 Å². The predicted octanol–water partition coefficient (Wildman–Crippen LogP) is 2.01. The Morgan fingerprint density at radius 2 is 2.17 bits per heavy atom. The van der Waals surface area contributed by atoms with Crippen molar-refractivity contribution in [3.63, 3.8) is 0 Å². The normalized spacial score (nSPS) is 8.08. The predicted molar refractivity (Wildman–Crippen MR) is 43.6 cm³/mol. The van der Waals surface area contributed by atoms with Crippen LogP contribution in [0.2, 0.25) is 0 Å². The van der Waals surface area contributed by atoms with Crippen LogP contribution in [-0.4, -0.2) is 0 Å². The summed E-state index contributed by atoms with van der Waals surface area (Å²) in [5.41, 5.74) is 1.20. The Hall–Kier alpha value is -1.80. The molecule has 1 aromatic carbocycles. The number of nitriles is 1. The van der Waals surface area contributed by atoms with E-state index < -0.39 is 0 Å². The molecular formula is C10H6FN.